The first kappa shape index (κ1) is 13.8. The molecule has 0 saturated heterocycles. The molecule has 4 heteroatoms. The molecule has 1 aliphatic rings. The smallest absolute Gasteiger partial charge is 0.236 e. The third-order valence-corrected chi connectivity index (χ3v) is 4.19. The van der Waals surface area contributed by atoms with Crippen LogP contribution < -0.4 is 11.1 Å². The number of carbonyl (C=O) groups is 1. The zero-order chi connectivity index (χ0) is 12.0. The zero-order valence-electron chi connectivity index (χ0n) is 10.4. The van der Waals surface area contributed by atoms with Crippen LogP contribution in [0.15, 0.2) is 0 Å². The van der Waals surface area contributed by atoms with E-state index in [2.05, 4.69) is 12.2 Å². The molecule has 1 amide bonds. The summed E-state index contributed by atoms with van der Waals surface area (Å²) in [7, 11) is 0. The van der Waals surface area contributed by atoms with Crippen molar-refractivity contribution in [1.29, 1.82) is 0 Å². The maximum atomic E-state index is 11.7. The predicted molar refractivity (Wildman–Crippen MR) is 70.5 cm³/mol. The lowest BCUT2D eigenvalue weighted by atomic mass is 9.98. The van der Waals surface area contributed by atoms with Gasteiger partial charge in [-0.3, -0.25) is 4.79 Å². The fourth-order valence-corrected chi connectivity index (χ4v) is 2.75. The van der Waals surface area contributed by atoms with Crippen LogP contribution in [0.3, 0.4) is 0 Å². The molecule has 3 nitrogen and oxygen atoms in total. The highest BCUT2D eigenvalue weighted by Crippen LogP contribution is 2.30. The van der Waals surface area contributed by atoms with Crippen molar-refractivity contribution in [3.05, 3.63) is 0 Å². The summed E-state index contributed by atoms with van der Waals surface area (Å²) < 4.78 is 0. The second-order valence-corrected chi connectivity index (χ2v) is 5.79. The highest BCUT2D eigenvalue weighted by atomic mass is 32.2. The summed E-state index contributed by atoms with van der Waals surface area (Å²) in [6.45, 7) is 3.09. The van der Waals surface area contributed by atoms with E-state index in [-0.39, 0.29) is 11.9 Å². The first-order valence-electron chi connectivity index (χ1n) is 6.17. The van der Waals surface area contributed by atoms with Crippen molar-refractivity contribution < 1.29 is 4.79 Å². The van der Waals surface area contributed by atoms with Crippen LogP contribution in [0.1, 0.15) is 32.6 Å². The van der Waals surface area contributed by atoms with Gasteiger partial charge in [0.15, 0.2) is 0 Å². The van der Waals surface area contributed by atoms with Crippen molar-refractivity contribution in [1.82, 2.24) is 5.32 Å². The quantitative estimate of drug-likeness (QED) is 0.746. The fraction of sp³-hybridized carbons (Fsp3) is 0.917. The van der Waals surface area contributed by atoms with Crippen LogP contribution in [0.25, 0.3) is 0 Å². The van der Waals surface area contributed by atoms with E-state index < -0.39 is 0 Å². The van der Waals surface area contributed by atoms with E-state index in [1.165, 1.54) is 19.3 Å². The Morgan fingerprint density at radius 2 is 2.31 bits per heavy atom. The summed E-state index contributed by atoms with van der Waals surface area (Å²) in [5.41, 5.74) is 5.80. The monoisotopic (exact) mass is 244 g/mol. The number of hydrogen-bond donors (Lipinski definition) is 2. The van der Waals surface area contributed by atoms with Crippen LogP contribution in [0.4, 0.5) is 0 Å². The van der Waals surface area contributed by atoms with E-state index in [9.17, 15) is 4.79 Å². The van der Waals surface area contributed by atoms with Crippen molar-refractivity contribution in [2.45, 2.75) is 38.6 Å². The van der Waals surface area contributed by atoms with E-state index in [1.54, 1.807) is 11.8 Å². The molecule has 0 aromatic rings. The molecule has 94 valence electrons. The topological polar surface area (TPSA) is 55.1 Å². The molecule has 1 aliphatic carbocycles. The molecule has 0 aromatic carbocycles. The van der Waals surface area contributed by atoms with Gasteiger partial charge in [-0.2, -0.15) is 11.8 Å². The summed E-state index contributed by atoms with van der Waals surface area (Å²) in [6, 6.07) is -0.329. The summed E-state index contributed by atoms with van der Waals surface area (Å²) >= 11 is 1.73. The second-order valence-electron chi connectivity index (χ2n) is 4.80. The van der Waals surface area contributed by atoms with Gasteiger partial charge in [-0.05, 0) is 36.7 Å². The van der Waals surface area contributed by atoms with Crippen LogP contribution in [-0.4, -0.2) is 30.5 Å². The predicted octanol–water partition coefficient (Wildman–Crippen LogP) is 1.62. The molecule has 0 bridgehead atoms. The van der Waals surface area contributed by atoms with Crippen LogP contribution in [0, 0.1) is 11.8 Å². The minimum Gasteiger partial charge on any atom is -0.354 e. The summed E-state index contributed by atoms with van der Waals surface area (Å²) in [4.78, 5) is 11.7. The normalized spacial score (nSPS) is 26.7. The average Bonchev–Trinajstić information content (AvgIpc) is 2.68. The van der Waals surface area contributed by atoms with Crippen LogP contribution in [0.5, 0.6) is 0 Å². The molecular formula is C12H24N2OS. The van der Waals surface area contributed by atoms with Gasteiger partial charge < -0.3 is 11.1 Å². The molecule has 1 saturated carbocycles. The molecule has 16 heavy (non-hydrogen) atoms. The standard InChI is InChI=1S/C12H24N2OS/c1-9-4-3-5-10(9)8-14-12(15)11(13)6-7-16-2/h9-11H,3-8,13H2,1-2H3,(H,14,15)/t9?,10?,11-/m1/s1. The van der Waals surface area contributed by atoms with Gasteiger partial charge >= 0.3 is 0 Å². The Morgan fingerprint density at radius 1 is 1.56 bits per heavy atom. The molecular weight excluding hydrogens is 220 g/mol. The number of amides is 1. The number of hydrogen-bond acceptors (Lipinski definition) is 3. The van der Waals surface area contributed by atoms with Crippen LogP contribution in [0.2, 0.25) is 0 Å². The van der Waals surface area contributed by atoms with Gasteiger partial charge in [-0.1, -0.05) is 19.8 Å². The van der Waals surface area contributed by atoms with Gasteiger partial charge in [-0.15, -0.1) is 0 Å². The first-order valence-corrected chi connectivity index (χ1v) is 7.56. The molecule has 0 spiro atoms. The lowest BCUT2D eigenvalue weighted by Crippen LogP contribution is -2.43. The molecule has 0 aromatic heterocycles. The van der Waals surface area contributed by atoms with Gasteiger partial charge in [0.25, 0.3) is 0 Å². The van der Waals surface area contributed by atoms with E-state index in [0.29, 0.717) is 5.92 Å². The number of carbonyl (C=O) groups excluding carboxylic acids is 1. The van der Waals surface area contributed by atoms with Crippen LogP contribution >= 0.6 is 11.8 Å². The van der Waals surface area contributed by atoms with Crippen molar-refractivity contribution in [2.75, 3.05) is 18.6 Å². The third kappa shape index (κ3) is 4.34. The Balaban J connectivity index is 2.18. The van der Waals surface area contributed by atoms with Gasteiger partial charge in [-0.25, -0.2) is 0 Å². The SMILES string of the molecule is CSCC[C@@H](N)C(=O)NCC1CCCC1C. The zero-order valence-corrected chi connectivity index (χ0v) is 11.2. The Hall–Kier alpha value is -0.220. The number of thioether (sulfide) groups is 1. The van der Waals surface area contributed by atoms with Gasteiger partial charge in [0.05, 0.1) is 6.04 Å². The molecule has 3 atom stereocenters. The van der Waals surface area contributed by atoms with Crippen molar-refractivity contribution >= 4 is 17.7 Å². The Bertz CT molecular complexity index is 223. The molecule has 1 rings (SSSR count). The lowest BCUT2D eigenvalue weighted by Gasteiger charge is -2.18. The highest BCUT2D eigenvalue weighted by Gasteiger charge is 2.24. The van der Waals surface area contributed by atoms with Crippen molar-refractivity contribution in [3.63, 3.8) is 0 Å². The average molecular weight is 244 g/mol. The second kappa shape index (κ2) is 7.17. The Labute approximate surface area is 103 Å². The van der Waals surface area contributed by atoms with E-state index in [4.69, 9.17) is 5.73 Å². The Kier molecular flexibility index (Phi) is 6.21. The van der Waals surface area contributed by atoms with E-state index >= 15 is 0 Å². The summed E-state index contributed by atoms with van der Waals surface area (Å²) in [6.07, 6.45) is 6.67. The molecule has 3 N–H and O–H groups in total. The first-order chi connectivity index (χ1) is 7.65. The number of nitrogens with one attached hydrogen (secondary N) is 1. The summed E-state index contributed by atoms with van der Waals surface area (Å²) in [5, 5.41) is 2.99. The molecule has 0 radical (unpaired) electrons. The maximum Gasteiger partial charge on any atom is 0.236 e. The van der Waals surface area contributed by atoms with E-state index in [1.807, 2.05) is 6.26 Å². The van der Waals surface area contributed by atoms with Crippen molar-refractivity contribution in [2.24, 2.45) is 17.6 Å². The third-order valence-electron chi connectivity index (χ3n) is 3.55. The van der Waals surface area contributed by atoms with E-state index in [0.717, 1.165) is 24.6 Å². The Morgan fingerprint density at radius 3 is 2.88 bits per heavy atom. The number of rotatable bonds is 6. The molecule has 0 heterocycles. The molecule has 0 aliphatic heterocycles. The minimum absolute atomic E-state index is 0.0214. The number of nitrogens with two attached hydrogens (primary N) is 1. The molecule has 2 unspecified atom stereocenters. The lowest BCUT2D eigenvalue weighted by molar-refractivity contribution is -0.122. The highest BCUT2D eigenvalue weighted by molar-refractivity contribution is 7.98. The largest absolute Gasteiger partial charge is 0.354 e. The molecule has 1 fully saturated rings. The fourth-order valence-electron chi connectivity index (χ4n) is 2.26. The van der Waals surface area contributed by atoms with Crippen molar-refractivity contribution in [3.8, 4) is 0 Å². The van der Waals surface area contributed by atoms with Gasteiger partial charge in [0, 0.05) is 6.54 Å². The summed E-state index contributed by atoms with van der Waals surface area (Å²) in [5.74, 6) is 2.39. The van der Waals surface area contributed by atoms with Gasteiger partial charge in [0.2, 0.25) is 5.91 Å². The minimum atomic E-state index is -0.329. The maximum absolute atomic E-state index is 11.7. The van der Waals surface area contributed by atoms with Gasteiger partial charge in [0.1, 0.15) is 0 Å². The van der Waals surface area contributed by atoms with Crippen LogP contribution in [-0.2, 0) is 4.79 Å².